The van der Waals surface area contributed by atoms with Gasteiger partial charge in [0.05, 0.1) is 23.3 Å². The highest BCUT2D eigenvalue weighted by Gasteiger charge is 2.37. The second-order valence-corrected chi connectivity index (χ2v) is 7.86. The molecule has 0 aromatic heterocycles. The number of rotatable bonds is 10. The van der Waals surface area contributed by atoms with E-state index in [1.54, 1.807) is 0 Å². The van der Waals surface area contributed by atoms with Crippen molar-refractivity contribution in [2.45, 2.75) is 12.6 Å². The van der Waals surface area contributed by atoms with E-state index in [2.05, 4.69) is 5.16 Å². The molecule has 0 amide bonds. The lowest BCUT2D eigenvalue weighted by molar-refractivity contribution is -0.0601. The minimum Gasteiger partial charge on any atom is -0.493 e. The lowest BCUT2D eigenvalue weighted by Gasteiger charge is -2.13. The Bertz CT molecular complexity index is 939. The molecule has 0 fully saturated rings. The van der Waals surface area contributed by atoms with E-state index in [0.717, 1.165) is 12.1 Å². The van der Waals surface area contributed by atoms with E-state index in [1.165, 1.54) is 30.3 Å². The fourth-order valence-corrected chi connectivity index (χ4v) is 3.07. The molecule has 0 radical (unpaired) electrons. The third-order valence-corrected chi connectivity index (χ3v) is 4.63. The molecular formula is C20H16Cl4F3NO4. The predicted octanol–water partition coefficient (Wildman–Crippen LogP) is 7.28. The van der Waals surface area contributed by atoms with E-state index in [0.29, 0.717) is 17.9 Å². The van der Waals surface area contributed by atoms with Gasteiger partial charge in [0.1, 0.15) is 22.6 Å². The van der Waals surface area contributed by atoms with Crippen molar-refractivity contribution in [2.75, 3.05) is 19.8 Å². The first-order valence-corrected chi connectivity index (χ1v) is 10.4. The molecule has 0 unspecified atom stereocenters. The zero-order chi connectivity index (χ0) is 23.7. The Balaban J connectivity index is 1.82. The average molecular weight is 533 g/mol. The maximum absolute atomic E-state index is 12.7. The molecule has 0 spiro atoms. The quantitative estimate of drug-likeness (QED) is 0.151. The molecule has 0 atom stereocenters. The van der Waals surface area contributed by atoms with Crippen LogP contribution in [-0.2, 0) is 0 Å². The summed E-state index contributed by atoms with van der Waals surface area (Å²) >= 11 is 23.4. The van der Waals surface area contributed by atoms with Crippen LogP contribution < -0.4 is 14.2 Å². The number of benzene rings is 2. The Labute approximate surface area is 201 Å². The van der Waals surface area contributed by atoms with Crippen molar-refractivity contribution in [1.29, 1.82) is 0 Å². The summed E-state index contributed by atoms with van der Waals surface area (Å²) in [5.41, 5.74) is -1.67. The third kappa shape index (κ3) is 8.16. The molecular weight excluding hydrogens is 517 g/mol. The Morgan fingerprint density at radius 1 is 0.938 bits per heavy atom. The van der Waals surface area contributed by atoms with E-state index in [4.69, 9.17) is 65.8 Å². The van der Waals surface area contributed by atoms with Gasteiger partial charge in [-0.3, -0.25) is 0 Å². The van der Waals surface area contributed by atoms with Gasteiger partial charge in [0, 0.05) is 24.1 Å². The van der Waals surface area contributed by atoms with Crippen molar-refractivity contribution in [2.24, 2.45) is 5.16 Å². The van der Waals surface area contributed by atoms with Gasteiger partial charge in [0.25, 0.3) is 0 Å². The maximum atomic E-state index is 12.7. The first-order valence-electron chi connectivity index (χ1n) is 8.90. The lowest BCUT2D eigenvalue weighted by Crippen LogP contribution is -2.23. The number of ether oxygens (including phenoxy) is 3. The zero-order valence-corrected chi connectivity index (χ0v) is 19.2. The summed E-state index contributed by atoms with van der Waals surface area (Å²) in [7, 11) is 0. The van der Waals surface area contributed by atoms with E-state index in [1.807, 2.05) is 0 Å². The van der Waals surface area contributed by atoms with E-state index in [-0.39, 0.29) is 45.7 Å². The maximum Gasteiger partial charge on any atom is 0.437 e. The molecule has 5 nitrogen and oxygen atoms in total. The van der Waals surface area contributed by atoms with Crippen LogP contribution in [0, 0.1) is 0 Å². The van der Waals surface area contributed by atoms with Gasteiger partial charge in [0.15, 0.2) is 11.5 Å². The molecule has 0 bridgehead atoms. The zero-order valence-electron chi connectivity index (χ0n) is 16.1. The first kappa shape index (κ1) is 26.3. The van der Waals surface area contributed by atoms with Crippen LogP contribution in [0.1, 0.15) is 12.0 Å². The van der Waals surface area contributed by atoms with Gasteiger partial charge in [-0.15, -0.1) is 0 Å². The summed E-state index contributed by atoms with van der Waals surface area (Å²) in [5, 5.41) is 11.4. The van der Waals surface area contributed by atoms with Crippen LogP contribution in [0.3, 0.4) is 0 Å². The van der Waals surface area contributed by atoms with Gasteiger partial charge in [-0.25, -0.2) is 0 Å². The van der Waals surface area contributed by atoms with Gasteiger partial charge in [-0.2, -0.15) is 13.2 Å². The molecule has 174 valence electrons. The molecule has 2 rings (SSSR count). The smallest absolute Gasteiger partial charge is 0.437 e. The Kier molecular flexibility index (Phi) is 10.1. The van der Waals surface area contributed by atoms with Crippen molar-refractivity contribution in [3.8, 4) is 17.2 Å². The summed E-state index contributed by atoms with van der Waals surface area (Å²) in [4.78, 5) is 0. The fraction of sp³-hybridized carbons (Fsp3) is 0.250. The molecule has 0 aliphatic heterocycles. The molecule has 1 N–H and O–H groups in total. The molecule has 2 aromatic carbocycles. The SMILES string of the molecule is ON=C(c1ccc(OCCCOc2c(Cl)cc(OCC=C(Cl)Cl)cc2Cl)cc1)C(F)(F)F. The number of alkyl halides is 3. The Morgan fingerprint density at radius 2 is 1.53 bits per heavy atom. The topological polar surface area (TPSA) is 60.3 Å². The molecule has 0 aliphatic carbocycles. The minimum atomic E-state index is -4.77. The summed E-state index contributed by atoms with van der Waals surface area (Å²) in [6.07, 6.45) is -2.87. The Hall–Kier alpha value is -2.00. The van der Waals surface area contributed by atoms with Gasteiger partial charge in [0.2, 0.25) is 0 Å². The van der Waals surface area contributed by atoms with Crippen LogP contribution in [0.2, 0.25) is 10.0 Å². The highest BCUT2D eigenvalue weighted by atomic mass is 35.5. The molecule has 12 heteroatoms. The molecule has 0 heterocycles. The van der Waals surface area contributed by atoms with Crippen molar-refractivity contribution in [1.82, 2.24) is 0 Å². The van der Waals surface area contributed by atoms with Crippen molar-refractivity contribution >= 4 is 52.1 Å². The van der Waals surface area contributed by atoms with Crippen LogP contribution in [-0.4, -0.2) is 36.9 Å². The highest BCUT2D eigenvalue weighted by molar-refractivity contribution is 6.55. The molecule has 0 aliphatic rings. The summed E-state index contributed by atoms with van der Waals surface area (Å²) in [6, 6.07) is 8.03. The van der Waals surface area contributed by atoms with Crippen LogP contribution in [0.25, 0.3) is 0 Å². The van der Waals surface area contributed by atoms with Crippen LogP contribution in [0.15, 0.2) is 52.1 Å². The summed E-state index contributed by atoms with van der Waals surface area (Å²) in [5.74, 6) is 1.03. The average Bonchev–Trinajstić information content (AvgIpc) is 2.70. The number of halogens is 7. The van der Waals surface area contributed by atoms with E-state index < -0.39 is 11.9 Å². The van der Waals surface area contributed by atoms with Gasteiger partial charge in [-0.05, 0) is 30.3 Å². The second kappa shape index (κ2) is 12.3. The summed E-state index contributed by atoms with van der Waals surface area (Å²) < 4.78 is 54.7. The highest BCUT2D eigenvalue weighted by Crippen LogP contribution is 2.37. The second-order valence-electron chi connectivity index (χ2n) is 6.04. The van der Waals surface area contributed by atoms with Crippen LogP contribution in [0.4, 0.5) is 13.2 Å². The first-order chi connectivity index (χ1) is 15.1. The van der Waals surface area contributed by atoms with Crippen molar-refractivity contribution in [3.05, 3.63) is 62.6 Å². The molecule has 32 heavy (non-hydrogen) atoms. The van der Waals surface area contributed by atoms with Gasteiger partial charge in [-0.1, -0.05) is 51.6 Å². The third-order valence-electron chi connectivity index (χ3n) is 3.76. The number of nitrogens with zero attached hydrogens (tertiary/aromatic N) is 1. The normalized spacial score (nSPS) is 11.8. The Morgan fingerprint density at radius 3 is 2.06 bits per heavy atom. The van der Waals surface area contributed by atoms with Crippen LogP contribution in [0.5, 0.6) is 17.2 Å². The molecule has 0 saturated carbocycles. The predicted molar refractivity (Wildman–Crippen MR) is 118 cm³/mol. The van der Waals surface area contributed by atoms with Crippen LogP contribution >= 0.6 is 46.4 Å². The van der Waals surface area contributed by atoms with E-state index >= 15 is 0 Å². The van der Waals surface area contributed by atoms with Crippen molar-refractivity contribution in [3.63, 3.8) is 0 Å². The number of hydrogen-bond acceptors (Lipinski definition) is 5. The summed E-state index contributed by atoms with van der Waals surface area (Å²) in [6.45, 7) is 0.580. The molecule has 0 saturated heterocycles. The number of oxime groups is 1. The fourth-order valence-electron chi connectivity index (χ4n) is 2.37. The van der Waals surface area contributed by atoms with E-state index in [9.17, 15) is 13.2 Å². The lowest BCUT2D eigenvalue weighted by atomic mass is 10.1. The standard InChI is InChI=1S/C20H16Cl4F3NO4/c21-15-10-14(31-9-6-17(23)24)11-16(22)18(15)32-8-1-7-30-13-4-2-12(3-5-13)19(28-29)20(25,26)27/h2-6,10-11,29H,1,7-9H2. The van der Waals surface area contributed by atoms with Gasteiger partial charge < -0.3 is 19.4 Å². The van der Waals surface area contributed by atoms with Gasteiger partial charge >= 0.3 is 6.18 Å². The molecule has 2 aromatic rings. The van der Waals surface area contributed by atoms with Crippen molar-refractivity contribution < 1.29 is 32.6 Å². The largest absolute Gasteiger partial charge is 0.493 e. The minimum absolute atomic E-state index is 0.0744. The monoisotopic (exact) mass is 531 g/mol. The number of hydrogen-bond donors (Lipinski definition) is 1.